The van der Waals surface area contributed by atoms with Crippen LogP contribution in [0.15, 0.2) is 34.8 Å². The summed E-state index contributed by atoms with van der Waals surface area (Å²) in [6.45, 7) is 3.71. The predicted molar refractivity (Wildman–Crippen MR) is 97.0 cm³/mol. The molecule has 0 aliphatic heterocycles. The third-order valence-corrected chi connectivity index (χ3v) is 4.64. The Morgan fingerprint density at radius 1 is 1.23 bits per heavy atom. The van der Waals surface area contributed by atoms with E-state index in [1.54, 1.807) is 24.3 Å². The Hall–Kier alpha value is -2.15. The first-order valence-corrected chi connectivity index (χ1v) is 8.74. The van der Waals surface area contributed by atoms with Crippen molar-refractivity contribution in [3.8, 4) is 11.5 Å². The normalized spacial score (nSPS) is 10.7. The maximum atomic E-state index is 13.4. The minimum Gasteiger partial charge on any atom is -0.488 e. The standard InChI is InChI=1S/C19H19BrF2O4/c1-4-12-9-13(18(21)22)17(8-11(12)2)25-10-14-15(20)6-5-7-16(14)26-19(23)24-3/h5-9,18H,4,10H2,1-3H3. The third-order valence-electron chi connectivity index (χ3n) is 3.89. The number of aryl methyl sites for hydroxylation is 2. The van der Waals surface area contributed by atoms with Crippen molar-refractivity contribution in [1.82, 2.24) is 0 Å². The van der Waals surface area contributed by atoms with Crippen molar-refractivity contribution >= 4 is 22.1 Å². The molecule has 26 heavy (non-hydrogen) atoms. The summed E-state index contributed by atoms with van der Waals surface area (Å²) in [5.41, 5.74) is 2.08. The van der Waals surface area contributed by atoms with Crippen molar-refractivity contribution in [2.45, 2.75) is 33.3 Å². The highest BCUT2D eigenvalue weighted by molar-refractivity contribution is 9.10. The van der Waals surface area contributed by atoms with E-state index in [0.29, 0.717) is 16.5 Å². The Morgan fingerprint density at radius 3 is 2.58 bits per heavy atom. The highest BCUT2D eigenvalue weighted by Gasteiger charge is 2.18. The van der Waals surface area contributed by atoms with Gasteiger partial charge in [-0.25, -0.2) is 13.6 Å². The largest absolute Gasteiger partial charge is 0.513 e. The lowest BCUT2D eigenvalue weighted by molar-refractivity contribution is 0.120. The Labute approximate surface area is 159 Å². The van der Waals surface area contributed by atoms with E-state index >= 15 is 0 Å². The van der Waals surface area contributed by atoms with Gasteiger partial charge in [0.05, 0.1) is 12.7 Å². The summed E-state index contributed by atoms with van der Waals surface area (Å²) in [5.74, 6) is 0.334. The zero-order chi connectivity index (χ0) is 19.3. The maximum Gasteiger partial charge on any atom is 0.513 e. The van der Waals surface area contributed by atoms with Gasteiger partial charge in [-0.2, -0.15) is 0 Å². The topological polar surface area (TPSA) is 44.8 Å². The molecule has 0 aliphatic rings. The van der Waals surface area contributed by atoms with Crippen molar-refractivity contribution in [3.63, 3.8) is 0 Å². The minimum atomic E-state index is -2.65. The molecular formula is C19H19BrF2O4. The average molecular weight is 429 g/mol. The Kier molecular flexibility index (Phi) is 6.97. The first kappa shape index (κ1) is 20.2. The van der Waals surface area contributed by atoms with Crippen LogP contribution >= 0.6 is 15.9 Å². The van der Waals surface area contributed by atoms with Crippen molar-refractivity contribution in [3.05, 3.63) is 57.1 Å². The van der Waals surface area contributed by atoms with Gasteiger partial charge in [-0.15, -0.1) is 0 Å². The van der Waals surface area contributed by atoms with Gasteiger partial charge in [-0.3, -0.25) is 0 Å². The predicted octanol–water partition coefficient (Wildman–Crippen LogP) is 5.98. The Morgan fingerprint density at radius 2 is 1.96 bits per heavy atom. The number of rotatable bonds is 6. The molecular weight excluding hydrogens is 410 g/mol. The van der Waals surface area contributed by atoms with Crippen molar-refractivity contribution in [2.24, 2.45) is 0 Å². The number of alkyl halides is 2. The van der Waals surface area contributed by atoms with E-state index in [-0.39, 0.29) is 23.7 Å². The van der Waals surface area contributed by atoms with Gasteiger partial charge in [-0.05, 0) is 48.7 Å². The lowest BCUT2D eigenvalue weighted by Gasteiger charge is -2.16. The van der Waals surface area contributed by atoms with E-state index in [2.05, 4.69) is 20.7 Å². The molecule has 0 unspecified atom stereocenters. The minimum absolute atomic E-state index is 0.0572. The summed E-state index contributed by atoms with van der Waals surface area (Å²) in [6, 6.07) is 8.07. The van der Waals surface area contributed by atoms with Gasteiger partial charge >= 0.3 is 6.16 Å². The molecule has 0 atom stereocenters. The summed E-state index contributed by atoms with van der Waals surface area (Å²) in [6.07, 6.45) is -2.87. The molecule has 2 aromatic rings. The number of benzene rings is 2. The number of hydrogen-bond acceptors (Lipinski definition) is 4. The van der Waals surface area contributed by atoms with Crippen LogP contribution in [0.25, 0.3) is 0 Å². The van der Waals surface area contributed by atoms with Gasteiger partial charge in [0, 0.05) is 10.0 Å². The van der Waals surface area contributed by atoms with Crippen molar-refractivity contribution in [2.75, 3.05) is 7.11 Å². The lowest BCUT2D eigenvalue weighted by Crippen LogP contribution is -2.10. The van der Waals surface area contributed by atoms with Gasteiger partial charge < -0.3 is 14.2 Å². The summed E-state index contributed by atoms with van der Waals surface area (Å²) >= 11 is 3.36. The summed E-state index contributed by atoms with van der Waals surface area (Å²) < 4.78 is 42.7. The van der Waals surface area contributed by atoms with Crippen molar-refractivity contribution in [1.29, 1.82) is 0 Å². The van der Waals surface area contributed by atoms with Gasteiger partial charge in [0.2, 0.25) is 0 Å². The summed E-state index contributed by atoms with van der Waals surface area (Å²) in [4.78, 5) is 11.4. The average Bonchev–Trinajstić information content (AvgIpc) is 2.60. The van der Waals surface area contributed by atoms with E-state index < -0.39 is 12.6 Å². The van der Waals surface area contributed by atoms with E-state index in [4.69, 9.17) is 9.47 Å². The molecule has 0 amide bonds. The second-order valence-corrected chi connectivity index (χ2v) is 6.39. The van der Waals surface area contributed by atoms with Crippen LogP contribution in [-0.4, -0.2) is 13.3 Å². The molecule has 2 rings (SSSR count). The van der Waals surface area contributed by atoms with Gasteiger partial charge in [0.25, 0.3) is 6.43 Å². The summed E-state index contributed by atoms with van der Waals surface area (Å²) in [5, 5.41) is 0. The highest BCUT2D eigenvalue weighted by Crippen LogP contribution is 2.34. The SMILES string of the molecule is CCc1cc(C(F)F)c(OCc2c(Br)cccc2OC(=O)OC)cc1C. The van der Waals surface area contributed by atoms with Crippen LogP contribution in [0.2, 0.25) is 0 Å². The molecule has 140 valence electrons. The molecule has 0 bridgehead atoms. The van der Waals surface area contributed by atoms with Crippen LogP contribution in [0.5, 0.6) is 11.5 Å². The fourth-order valence-corrected chi connectivity index (χ4v) is 2.94. The monoisotopic (exact) mass is 428 g/mol. The number of ether oxygens (including phenoxy) is 3. The van der Waals surface area contributed by atoms with E-state index in [1.807, 2.05) is 13.8 Å². The molecule has 0 radical (unpaired) electrons. The van der Waals surface area contributed by atoms with Crippen LogP contribution in [0, 0.1) is 6.92 Å². The number of methoxy groups -OCH3 is 1. The van der Waals surface area contributed by atoms with Crippen LogP contribution in [0.1, 0.15) is 35.6 Å². The third kappa shape index (κ3) is 4.72. The molecule has 0 aliphatic carbocycles. The quantitative estimate of drug-likeness (QED) is 0.419. The Bertz CT molecular complexity index is 793. The van der Waals surface area contributed by atoms with Crippen LogP contribution in [0.3, 0.4) is 0 Å². The highest BCUT2D eigenvalue weighted by atomic mass is 79.9. The molecule has 7 heteroatoms. The lowest BCUT2D eigenvalue weighted by atomic mass is 10.0. The molecule has 0 N–H and O–H groups in total. The molecule has 4 nitrogen and oxygen atoms in total. The zero-order valence-electron chi connectivity index (χ0n) is 14.6. The molecule has 0 fully saturated rings. The Balaban J connectivity index is 2.32. The molecule has 0 saturated heterocycles. The fourth-order valence-electron chi connectivity index (χ4n) is 2.48. The maximum absolute atomic E-state index is 13.4. The van der Waals surface area contributed by atoms with Crippen LogP contribution in [0.4, 0.5) is 13.6 Å². The first-order chi connectivity index (χ1) is 12.4. The van der Waals surface area contributed by atoms with E-state index in [0.717, 1.165) is 11.1 Å². The molecule has 0 heterocycles. The smallest absolute Gasteiger partial charge is 0.488 e. The molecule has 0 saturated carbocycles. The first-order valence-electron chi connectivity index (χ1n) is 7.94. The van der Waals surface area contributed by atoms with E-state index in [9.17, 15) is 13.6 Å². The molecule has 0 spiro atoms. The molecule has 0 aromatic heterocycles. The van der Waals surface area contributed by atoms with Gasteiger partial charge in [-0.1, -0.05) is 28.9 Å². The number of carbonyl (C=O) groups excluding carboxylic acids is 1. The summed E-state index contributed by atoms with van der Waals surface area (Å²) in [7, 11) is 1.20. The van der Waals surface area contributed by atoms with Crippen molar-refractivity contribution < 1.29 is 27.8 Å². The second kappa shape index (κ2) is 8.98. The fraction of sp³-hybridized carbons (Fsp3) is 0.316. The van der Waals surface area contributed by atoms with Gasteiger partial charge in [0.15, 0.2) is 0 Å². The second-order valence-electron chi connectivity index (χ2n) is 5.53. The van der Waals surface area contributed by atoms with Gasteiger partial charge in [0.1, 0.15) is 18.1 Å². The zero-order valence-corrected chi connectivity index (χ0v) is 16.2. The van der Waals surface area contributed by atoms with Crippen LogP contribution in [-0.2, 0) is 17.8 Å². The van der Waals surface area contributed by atoms with E-state index in [1.165, 1.54) is 13.2 Å². The number of carbonyl (C=O) groups is 1. The van der Waals surface area contributed by atoms with Crippen LogP contribution < -0.4 is 9.47 Å². The number of halogens is 3. The number of hydrogen-bond donors (Lipinski definition) is 0. The molecule has 2 aromatic carbocycles.